The maximum atomic E-state index is 10.4. The molecule has 26 heavy (non-hydrogen) atoms. The van der Waals surface area contributed by atoms with Gasteiger partial charge in [0.05, 0.1) is 13.7 Å². The van der Waals surface area contributed by atoms with E-state index in [4.69, 9.17) is 11.2 Å². The molecule has 0 amide bonds. The highest BCUT2D eigenvalue weighted by Gasteiger charge is 2.16. The standard InChI is InChI=1S/C22H28O4/c1-5-7-8-10-16(3)11-18-13-21(25)19(14-22(18)26-4)20(24)12-17(15-23)9-6-2/h1,6,10,12-14,20,23-25H,2,7-9,11,15H2,3-4H3/b16-10+,17-12-/t20-/m0/s1. The van der Waals surface area contributed by atoms with Gasteiger partial charge in [-0.1, -0.05) is 17.7 Å². The van der Waals surface area contributed by atoms with Crippen LogP contribution in [-0.4, -0.2) is 29.0 Å². The molecule has 0 aliphatic carbocycles. The van der Waals surface area contributed by atoms with Gasteiger partial charge in [0.2, 0.25) is 0 Å². The fourth-order valence-corrected chi connectivity index (χ4v) is 2.65. The third-order valence-electron chi connectivity index (χ3n) is 4.00. The lowest BCUT2D eigenvalue weighted by Crippen LogP contribution is -2.01. The molecule has 0 heterocycles. The Hall–Kier alpha value is -2.48. The van der Waals surface area contributed by atoms with Crippen molar-refractivity contribution in [3.8, 4) is 23.8 Å². The third-order valence-corrected chi connectivity index (χ3v) is 4.00. The molecular weight excluding hydrogens is 328 g/mol. The van der Waals surface area contributed by atoms with Crippen molar-refractivity contribution in [3.63, 3.8) is 0 Å². The van der Waals surface area contributed by atoms with Crippen LogP contribution in [0.5, 0.6) is 11.5 Å². The van der Waals surface area contributed by atoms with Gasteiger partial charge in [-0.25, -0.2) is 0 Å². The number of phenols is 1. The second-order valence-electron chi connectivity index (χ2n) is 6.11. The summed E-state index contributed by atoms with van der Waals surface area (Å²) in [7, 11) is 1.55. The number of terminal acetylenes is 1. The van der Waals surface area contributed by atoms with Gasteiger partial charge in [-0.05, 0) is 50.0 Å². The second-order valence-corrected chi connectivity index (χ2v) is 6.11. The van der Waals surface area contributed by atoms with E-state index in [0.29, 0.717) is 36.1 Å². The molecule has 0 spiro atoms. The first-order valence-electron chi connectivity index (χ1n) is 8.55. The topological polar surface area (TPSA) is 69.9 Å². The Labute approximate surface area is 156 Å². The van der Waals surface area contributed by atoms with Gasteiger partial charge in [-0.3, -0.25) is 0 Å². The summed E-state index contributed by atoms with van der Waals surface area (Å²) in [6.45, 7) is 5.44. The van der Waals surface area contributed by atoms with Gasteiger partial charge in [0, 0.05) is 17.5 Å². The van der Waals surface area contributed by atoms with Gasteiger partial charge >= 0.3 is 0 Å². The van der Waals surface area contributed by atoms with E-state index in [1.165, 1.54) is 6.08 Å². The number of unbranched alkanes of at least 4 members (excludes halogenated alkanes) is 1. The molecule has 0 saturated heterocycles. The number of benzene rings is 1. The SMILES string of the molecule is C#CCC/C=C(\C)Cc1cc(O)c([C@@H](O)/C=C(\CO)CC=C)cc1OC. The highest BCUT2D eigenvalue weighted by Crippen LogP contribution is 2.34. The second kappa shape index (κ2) is 11.2. The number of allylic oxidation sites excluding steroid dienone is 3. The highest BCUT2D eigenvalue weighted by molar-refractivity contribution is 5.49. The Balaban J connectivity index is 3.11. The minimum absolute atomic E-state index is 0.0168. The summed E-state index contributed by atoms with van der Waals surface area (Å²) in [4.78, 5) is 0. The zero-order chi connectivity index (χ0) is 19.5. The Morgan fingerprint density at radius 2 is 2.15 bits per heavy atom. The number of hydrogen-bond acceptors (Lipinski definition) is 4. The van der Waals surface area contributed by atoms with Crippen molar-refractivity contribution in [2.75, 3.05) is 13.7 Å². The van der Waals surface area contributed by atoms with Gasteiger partial charge in [0.15, 0.2) is 0 Å². The van der Waals surface area contributed by atoms with Crippen LogP contribution >= 0.6 is 0 Å². The molecule has 0 fully saturated rings. The maximum Gasteiger partial charge on any atom is 0.123 e. The van der Waals surface area contributed by atoms with Crippen molar-refractivity contribution in [2.45, 2.75) is 38.7 Å². The van der Waals surface area contributed by atoms with Gasteiger partial charge in [0.1, 0.15) is 17.6 Å². The van der Waals surface area contributed by atoms with Crippen molar-refractivity contribution >= 4 is 0 Å². The summed E-state index contributed by atoms with van der Waals surface area (Å²) in [5, 5.41) is 30.1. The van der Waals surface area contributed by atoms with Crippen LogP contribution in [0.1, 0.15) is 43.4 Å². The van der Waals surface area contributed by atoms with Crippen LogP contribution in [0.2, 0.25) is 0 Å². The van der Waals surface area contributed by atoms with Crippen LogP contribution in [-0.2, 0) is 6.42 Å². The number of ether oxygens (including phenoxy) is 1. The minimum Gasteiger partial charge on any atom is -0.508 e. The minimum atomic E-state index is -1.05. The molecule has 0 saturated carbocycles. The highest BCUT2D eigenvalue weighted by atomic mass is 16.5. The Morgan fingerprint density at radius 1 is 1.42 bits per heavy atom. The molecule has 3 N–H and O–H groups in total. The normalized spacial score (nSPS) is 13.2. The predicted molar refractivity (Wildman–Crippen MR) is 105 cm³/mol. The van der Waals surface area contributed by atoms with Crippen molar-refractivity contribution in [2.24, 2.45) is 0 Å². The molecule has 4 nitrogen and oxygen atoms in total. The van der Waals surface area contributed by atoms with Crippen LogP contribution in [0.4, 0.5) is 0 Å². The predicted octanol–water partition coefficient (Wildman–Crippen LogP) is 3.83. The Morgan fingerprint density at radius 3 is 2.73 bits per heavy atom. The zero-order valence-corrected chi connectivity index (χ0v) is 15.5. The number of methoxy groups -OCH3 is 1. The quantitative estimate of drug-likeness (QED) is 0.338. The summed E-state index contributed by atoms with van der Waals surface area (Å²) in [6.07, 6.45) is 12.0. The average Bonchev–Trinajstić information content (AvgIpc) is 2.61. The van der Waals surface area contributed by atoms with Gasteiger partial charge in [0.25, 0.3) is 0 Å². The molecule has 0 radical (unpaired) electrons. The van der Waals surface area contributed by atoms with E-state index in [9.17, 15) is 15.3 Å². The van der Waals surface area contributed by atoms with Gasteiger partial charge in [-0.2, -0.15) is 0 Å². The summed E-state index contributed by atoms with van der Waals surface area (Å²) < 4.78 is 5.43. The number of hydrogen-bond donors (Lipinski definition) is 3. The molecule has 1 rings (SSSR count). The largest absolute Gasteiger partial charge is 0.508 e. The summed E-state index contributed by atoms with van der Waals surface area (Å²) in [5.41, 5.74) is 2.91. The Kier molecular flexibility index (Phi) is 9.29. The molecule has 1 atom stereocenters. The van der Waals surface area contributed by atoms with Crippen molar-refractivity contribution in [1.82, 2.24) is 0 Å². The van der Waals surface area contributed by atoms with E-state index in [2.05, 4.69) is 18.6 Å². The molecule has 0 aliphatic heterocycles. The molecule has 0 aliphatic rings. The van der Waals surface area contributed by atoms with Crippen LogP contribution in [0.3, 0.4) is 0 Å². The number of phenolic OH excluding ortho intramolecular Hbond substituents is 1. The monoisotopic (exact) mass is 356 g/mol. The zero-order valence-electron chi connectivity index (χ0n) is 15.5. The van der Waals surface area contributed by atoms with Gasteiger partial charge in [-0.15, -0.1) is 18.9 Å². The number of aliphatic hydroxyl groups excluding tert-OH is 2. The van der Waals surface area contributed by atoms with Crippen LogP contribution in [0.15, 0.2) is 48.1 Å². The lowest BCUT2D eigenvalue weighted by atomic mass is 9.98. The van der Waals surface area contributed by atoms with E-state index in [1.54, 1.807) is 25.3 Å². The molecule has 140 valence electrons. The molecule has 0 aromatic heterocycles. The third kappa shape index (κ3) is 6.44. The van der Waals surface area contributed by atoms with Gasteiger partial charge < -0.3 is 20.1 Å². The molecule has 1 aromatic carbocycles. The number of aliphatic hydroxyl groups is 2. The first-order valence-corrected chi connectivity index (χ1v) is 8.55. The van der Waals surface area contributed by atoms with E-state index < -0.39 is 6.10 Å². The molecule has 0 unspecified atom stereocenters. The fourth-order valence-electron chi connectivity index (χ4n) is 2.65. The van der Waals surface area contributed by atoms with Crippen molar-refractivity contribution < 1.29 is 20.1 Å². The average molecular weight is 356 g/mol. The van der Waals surface area contributed by atoms with Crippen molar-refractivity contribution in [3.05, 3.63) is 59.2 Å². The first kappa shape index (κ1) is 21.6. The summed E-state index contributed by atoms with van der Waals surface area (Å²) in [6, 6.07) is 3.24. The van der Waals surface area contributed by atoms with E-state index in [0.717, 1.165) is 17.6 Å². The van der Waals surface area contributed by atoms with E-state index >= 15 is 0 Å². The van der Waals surface area contributed by atoms with Crippen molar-refractivity contribution in [1.29, 1.82) is 0 Å². The molecule has 0 bridgehead atoms. The number of rotatable bonds is 10. The smallest absolute Gasteiger partial charge is 0.123 e. The number of aromatic hydroxyl groups is 1. The molecular formula is C22H28O4. The Bertz CT molecular complexity index is 708. The first-order chi connectivity index (χ1) is 12.5. The van der Waals surface area contributed by atoms with E-state index in [1.807, 2.05) is 6.92 Å². The van der Waals surface area contributed by atoms with Crippen LogP contribution in [0, 0.1) is 12.3 Å². The van der Waals surface area contributed by atoms with Crippen LogP contribution in [0.25, 0.3) is 0 Å². The molecule has 1 aromatic rings. The van der Waals surface area contributed by atoms with Crippen LogP contribution < -0.4 is 4.74 Å². The van der Waals surface area contributed by atoms with E-state index in [-0.39, 0.29) is 12.4 Å². The molecule has 4 heteroatoms. The lowest BCUT2D eigenvalue weighted by Gasteiger charge is -2.16. The summed E-state index contributed by atoms with van der Waals surface area (Å²) >= 11 is 0. The lowest BCUT2D eigenvalue weighted by molar-refractivity contribution is 0.219. The summed E-state index contributed by atoms with van der Waals surface area (Å²) in [5.74, 6) is 3.17. The maximum absolute atomic E-state index is 10.4. The fraction of sp³-hybridized carbons (Fsp3) is 0.364.